The summed E-state index contributed by atoms with van der Waals surface area (Å²) in [6.07, 6.45) is 3.15. The van der Waals surface area contributed by atoms with Crippen molar-refractivity contribution >= 4 is 17.3 Å². The number of Topliss-reactive ketones (excluding diaryl/α,β-unsaturated/α-hetero) is 3. The van der Waals surface area contributed by atoms with Crippen LogP contribution in [-0.2, 0) is 14.4 Å². The van der Waals surface area contributed by atoms with Crippen LogP contribution in [0.25, 0.3) is 0 Å². The van der Waals surface area contributed by atoms with Gasteiger partial charge in [0, 0.05) is 38.5 Å². The van der Waals surface area contributed by atoms with E-state index in [9.17, 15) is 14.4 Å². The minimum absolute atomic E-state index is 0.0289. The Balaban J connectivity index is 3.57. The zero-order chi connectivity index (χ0) is 11.7. The van der Waals surface area contributed by atoms with E-state index >= 15 is 0 Å². The third-order valence-electron chi connectivity index (χ3n) is 2.29. The quantitative estimate of drug-likeness (QED) is 0.590. The van der Waals surface area contributed by atoms with Crippen LogP contribution in [-0.4, -0.2) is 17.3 Å². The van der Waals surface area contributed by atoms with Gasteiger partial charge in [-0.3, -0.25) is 14.4 Å². The molecule has 0 aliphatic rings. The summed E-state index contributed by atoms with van der Waals surface area (Å²) in [5.41, 5.74) is 0. The lowest BCUT2D eigenvalue weighted by Gasteiger charge is -1.99. The Kier molecular flexibility index (Phi) is 7.78. The Hall–Kier alpha value is -0.990. The number of ketones is 3. The van der Waals surface area contributed by atoms with E-state index in [-0.39, 0.29) is 17.3 Å². The standard InChI is InChI=1S/C12H20O3/c1-3-5-11(14)8-9-12(15)7-6-10(13)4-2/h3-9H2,1-2H3. The Bertz CT molecular complexity index is 231. The first kappa shape index (κ1) is 14.0. The van der Waals surface area contributed by atoms with Crippen LogP contribution in [0.4, 0.5) is 0 Å². The highest BCUT2D eigenvalue weighted by molar-refractivity contribution is 5.88. The molecule has 0 aliphatic heterocycles. The molecule has 0 aromatic heterocycles. The number of carbonyl (C=O) groups is 3. The normalized spacial score (nSPS) is 10.0. The Morgan fingerprint density at radius 1 is 0.667 bits per heavy atom. The van der Waals surface area contributed by atoms with Gasteiger partial charge in [0.1, 0.15) is 17.3 Å². The third-order valence-corrected chi connectivity index (χ3v) is 2.29. The molecule has 0 amide bonds. The Morgan fingerprint density at radius 2 is 1.07 bits per heavy atom. The number of hydrogen-bond acceptors (Lipinski definition) is 3. The van der Waals surface area contributed by atoms with E-state index < -0.39 is 0 Å². The van der Waals surface area contributed by atoms with Crippen molar-refractivity contribution in [3.8, 4) is 0 Å². The first-order valence-electron chi connectivity index (χ1n) is 5.65. The molecule has 3 nitrogen and oxygen atoms in total. The molecule has 0 rings (SSSR count). The molecule has 15 heavy (non-hydrogen) atoms. The molecule has 0 aromatic rings. The summed E-state index contributed by atoms with van der Waals surface area (Å²) < 4.78 is 0. The SMILES string of the molecule is CCCC(=O)CCC(=O)CCC(=O)CC. The fourth-order valence-corrected chi connectivity index (χ4v) is 1.26. The van der Waals surface area contributed by atoms with E-state index in [1.54, 1.807) is 6.92 Å². The van der Waals surface area contributed by atoms with E-state index in [4.69, 9.17) is 0 Å². The van der Waals surface area contributed by atoms with Gasteiger partial charge in [-0.15, -0.1) is 0 Å². The fraction of sp³-hybridized carbons (Fsp3) is 0.750. The molecule has 0 N–H and O–H groups in total. The van der Waals surface area contributed by atoms with Gasteiger partial charge in [0.15, 0.2) is 0 Å². The van der Waals surface area contributed by atoms with Crippen molar-refractivity contribution in [2.45, 2.75) is 58.8 Å². The molecule has 0 radical (unpaired) electrons. The Morgan fingerprint density at radius 3 is 1.47 bits per heavy atom. The van der Waals surface area contributed by atoms with Crippen LogP contribution in [0.5, 0.6) is 0 Å². The second-order valence-electron chi connectivity index (χ2n) is 3.72. The van der Waals surface area contributed by atoms with Crippen LogP contribution >= 0.6 is 0 Å². The molecule has 86 valence electrons. The van der Waals surface area contributed by atoms with Crippen LogP contribution in [0.3, 0.4) is 0 Å². The van der Waals surface area contributed by atoms with Crippen LogP contribution in [0, 0.1) is 0 Å². The van der Waals surface area contributed by atoms with Gasteiger partial charge < -0.3 is 0 Å². The van der Waals surface area contributed by atoms with Gasteiger partial charge in [0.05, 0.1) is 0 Å². The van der Waals surface area contributed by atoms with Crippen molar-refractivity contribution in [2.24, 2.45) is 0 Å². The number of rotatable bonds is 9. The summed E-state index contributed by atoms with van der Waals surface area (Å²) in [4.78, 5) is 33.3. The van der Waals surface area contributed by atoms with Gasteiger partial charge >= 0.3 is 0 Å². The monoisotopic (exact) mass is 212 g/mol. The van der Waals surface area contributed by atoms with Crippen molar-refractivity contribution in [3.63, 3.8) is 0 Å². The summed E-state index contributed by atoms with van der Waals surface area (Å²) in [6, 6.07) is 0. The maximum atomic E-state index is 11.3. The van der Waals surface area contributed by atoms with Gasteiger partial charge in [-0.25, -0.2) is 0 Å². The van der Waals surface area contributed by atoms with Crippen molar-refractivity contribution in [1.29, 1.82) is 0 Å². The Labute approximate surface area is 91.2 Å². The van der Waals surface area contributed by atoms with Gasteiger partial charge in [0.2, 0.25) is 0 Å². The molecule has 0 saturated carbocycles. The van der Waals surface area contributed by atoms with E-state index in [2.05, 4.69) is 0 Å². The average molecular weight is 212 g/mol. The first-order valence-corrected chi connectivity index (χ1v) is 5.65. The first-order chi connectivity index (χ1) is 7.10. The second kappa shape index (κ2) is 8.33. The molecule has 0 fully saturated rings. The number of hydrogen-bond donors (Lipinski definition) is 0. The predicted molar refractivity (Wildman–Crippen MR) is 58.7 cm³/mol. The molecule has 0 spiro atoms. The average Bonchev–Trinajstić information content (AvgIpc) is 2.23. The molecule has 3 heteroatoms. The largest absolute Gasteiger partial charge is 0.300 e. The van der Waals surface area contributed by atoms with E-state index in [1.807, 2.05) is 6.92 Å². The van der Waals surface area contributed by atoms with Gasteiger partial charge in [-0.2, -0.15) is 0 Å². The van der Waals surface area contributed by atoms with E-state index in [0.29, 0.717) is 38.5 Å². The van der Waals surface area contributed by atoms with Crippen LogP contribution in [0.1, 0.15) is 58.8 Å². The lowest BCUT2D eigenvalue weighted by atomic mass is 10.0. The fourth-order valence-electron chi connectivity index (χ4n) is 1.26. The summed E-state index contributed by atoms with van der Waals surface area (Å²) in [7, 11) is 0. The van der Waals surface area contributed by atoms with Gasteiger partial charge in [-0.05, 0) is 6.42 Å². The molecule has 0 aliphatic carbocycles. The van der Waals surface area contributed by atoms with Gasteiger partial charge in [-0.1, -0.05) is 13.8 Å². The second-order valence-corrected chi connectivity index (χ2v) is 3.72. The van der Waals surface area contributed by atoms with Crippen molar-refractivity contribution in [3.05, 3.63) is 0 Å². The van der Waals surface area contributed by atoms with Crippen LogP contribution < -0.4 is 0 Å². The zero-order valence-corrected chi connectivity index (χ0v) is 9.67. The maximum Gasteiger partial charge on any atom is 0.133 e. The highest BCUT2D eigenvalue weighted by atomic mass is 16.1. The molecule has 0 atom stereocenters. The summed E-state index contributed by atoms with van der Waals surface area (Å²) in [6.45, 7) is 3.73. The predicted octanol–water partition coefficient (Wildman–Crippen LogP) is 2.46. The molecular weight excluding hydrogens is 192 g/mol. The molecule has 0 saturated heterocycles. The van der Waals surface area contributed by atoms with Crippen molar-refractivity contribution in [2.75, 3.05) is 0 Å². The highest BCUT2D eigenvalue weighted by Gasteiger charge is 2.08. The minimum Gasteiger partial charge on any atom is -0.300 e. The van der Waals surface area contributed by atoms with Gasteiger partial charge in [0.25, 0.3) is 0 Å². The zero-order valence-electron chi connectivity index (χ0n) is 9.67. The minimum atomic E-state index is 0.0289. The molecular formula is C12H20O3. The maximum absolute atomic E-state index is 11.3. The summed E-state index contributed by atoms with van der Waals surface area (Å²) >= 11 is 0. The van der Waals surface area contributed by atoms with Crippen LogP contribution in [0.2, 0.25) is 0 Å². The topological polar surface area (TPSA) is 51.2 Å². The highest BCUT2D eigenvalue weighted by Crippen LogP contribution is 2.04. The molecule has 0 aromatic carbocycles. The lowest BCUT2D eigenvalue weighted by molar-refractivity contribution is -0.126. The molecule has 0 heterocycles. The summed E-state index contributed by atoms with van der Waals surface area (Å²) in [5, 5.41) is 0. The molecule has 0 unspecified atom stereocenters. The summed E-state index contributed by atoms with van der Waals surface area (Å²) in [5.74, 6) is 0.289. The van der Waals surface area contributed by atoms with E-state index in [1.165, 1.54) is 0 Å². The third kappa shape index (κ3) is 8.03. The smallest absolute Gasteiger partial charge is 0.133 e. The lowest BCUT2D eigenvalue weighted by Crippen LogP contribution is -2.06. The molecule has 0 bridgehead atoms. The number of carbonyl (C=O) groups excluding carboxylic acids is 3. The van der Waals surface area contributed by atoms with Crippen molar-refractivity contribution < 1.29 is 14.4 Å². The van der Waals surface area contributed by atoms with Crippen LogP contribution in [0.15, 0.2) is 0 Å². The van der Waals surface area contributed by atoms with Crippen molar-refractivity contribution in [1.82, 2.24) is 0 Å². The van der Waals surface area contributed by atoms with E-state index in [0.717, 1.165) is 6.42 Å².